The largest absolute Gasteiger partial charge is 0.489 e. The molecule has 1 amide bonds. The summed E-state index contributed by atoms with van der Waals surface area (Å²) in [6, 6.07) is 22.2. The summed E-state index contributed by atoms with van der Waals surface area (Å²) < 4.78 is 5.71. The number of nitrogens with one attached hydrogen (secondary N) is 1. The Balaban J connectivity index is 1.70. The van der Waals surface area contributed by atoms with Gasteiger partial charge in [0.2, 0.25) is 0 Å². The number of carbonyl (C=O) groups excluding carboxylic acids is 1. The van der Waals surface area contributed by atoms with E-state index in [1.165, 1.54) is 18.2 Å². The van der Waals surface area contributed by atoms with Crippen molar-refractivity contribution in [1.82, 2.24) is 0 Å². The summed E-state index contributed by atoms with van der Waals surface area (Å²) in [6.07, 6.45) is 1.39. The molecule has 0 atom stereocenters. The van der Waals surface area contributed by atoms with Crippen molar-refractivity contribution >= 4 is 35.0 Å². The number of hydrogen-bond acceptors (Lipinski definition) is 5. The summed E-state index contributed by atoms with van der Waals surface area (Å²) in [5.41, 5.74) is 1.01. The molecule has 0 radical (unpaired) electrons. The van der Waals surface area contributed by atoms with Gasteiger partial charge in [-0.15, -0.1) is 0 Å². The van der Waals surface area contributed by atoms with Gasteiger partial charge >= 0.3 is 0 Å². The van der Waals surface area contributed by atoms with Gasteiger partial charge in [-0.2, -0.15) is 5.26 Å². The second-order valence-corrected chi connectivity index (χ2v) is 6.82. The fourth-order valence-corrected chi connectivity index (χ4v) is 2.83. The van der Waals surface area contributed by atoms with Crippen LogP contribution in [0.1, 0.15) is 11.1 Å². The lowest BCUT2D eigenvalue weighted by Crippen LogP contribution is -2.14. The Kier molecular flexibility index (Phi) is 6.99. The van der Waals surface area contributed by atoms with Crippen LogP contribution >= 0.6 is 11.6 Å². The monoisotopic (exact) mass is 433 g/mol. The van der Waals surface area contributed by atoms with E-state index >= 15 is 0 Å². The van der Waals surface area contributed by atoms with Gasteiger partial charge in [-0.1, -0.05) is 54.1 Å². The number of nitro groups is 1. The van der Waals surface area contributed by atoms with Crippen LogP contribution in [0.4, 0.5) is 11.4 Å². The zero-order chi connectivity index (χ0) is 22.2. The third-order valence-electron chi connectivity index (χ3n) is 4.21. The summed E-state index contributed by atoms with van der Waals surface area (Å²) in [5.74, 6) is -0.127. The van der Waals surface area contributed by atoms with Crippen molar-refractivity contribution in [2.45, 2.75) is 6.61 Å². The zero-order valence-corrected chi connectivity index (χ0v) is 16.9. The van der Waals surface area contributed by atoms with E-state index in [0.29, 0.717) is 17.9 Å². The zero-order valence-electron chi connectivity index (χ0n) is 16.1. The maximum Gasteiger partial charge on any atom is 0.294 e. The van der Waals surface area contributed by atoms with Crippen LogP contribution in [0.2, 0.25) is 5.02 Å². The predicted octanol–water partition coefficient (Wildman–Crippen LogP) is 5.37. The summed E-state index contributed by atoms with van der Waals surface area (Å²) in [4.78, 5) is 23.0. The molecule has 0 unspecified atom stereocenters. The fraction of sp³-hybridized carbons (Fsp3) is 0.0435. The molecule has 0 aliphatic rings. The summed E-state index contributed by atoms with van der Waals surface area (Å²) >= 11 is 5.77. The highest BCUT2D eigenvalue weighted by molar-refractivity contribution is 6.31. The number of amides is 1. The maximum atomic E-state index is 12.5. The van der Waals surface area contributed by atoms with Crippen LogP contribution < -0.4 is 10.1 Å². The molecule has 0 fully saturated rings. The van der Waals surface area contributed by atoms with Crippen LogP contribution in [-0.2, 0) is 11.4 Å². The van der Waals surface area contributed by atoms with E-state index in [1.807, 2.05) is 36.4 Å². The van der Waals surface area contributed by atoms with Crippen molar-refractivity contribution in [3.63, 3.8) is 0 Å². The first-order valence-electron chi connectivity index (χ1n) is 9.10. The molecule has 154 valence electrons. The standard InChI is InChI=1S/C23H16ClN3O4/c24-19-8-11-21(22(13-19)27(29)30)26-23(28)18(14-25)12-16-6-9-20(10-7-16)31-15-17-4-2-1-3-5-17/h1-13H,15H2,(H,26,28). The maximum absolute atomic E-state index is 12.5. The van der Waals surface area contributed by atoms with Gasteiger partial charge in [-0.05, 0) is 41.5 Å². The third-order valence-corrected chi connectivity index (χ3v) is 4.44. The minimum atomic E-state index is -0.766. The van der Waals surface area contributed by atoms with Crippen molar-refractivity contribution in [2.75, 3.05) is 5.32 Å². The Morgan fingerprint density at radius 1 is 1.13 bits per heavy atom. The van der Waals surface area contributed by atoms with Crippen LogP contribution in [0.5, 0.6) is 5.75 Å². The smallest absolute Gasteiger partial charge is 0.294 e. The average Bonchev–Trinajstić information content (AvgIpc) is 2.78. The van der Waals surface area contributed by atoms with E-state index in [2.05, 4.69) is 5.32 Å². The Bertz CT molecular complexity index is 1170. The van der Waals surface area contributed by atoms with Crippen LogP contribution in [0.25, 0.3) is 6.08 Å². The van der Waals surface area contributed by atoms with Gasteiger partial charge in [-0.25, -0.2) is 0 Å². The molecule has 0 saturated carbocycles. The number of halogens is 1. The highest BCUT2D eigenvalue weighted by Crippen LogP contribution is 2.28. The van der Waals surface area contributed by atoms with Crippen LogP contribution in [0, 0.1) is 21.4 Å². The van der Waals surface area contributed by atoms with Gasteiger partial charge in [0.1, 0.15) is 29.7 Å². The lowest BCUT2D eigenvalue weighted by Gasteiger charge is -2.07. The first-order valence-corrected chi connectivity index (χ1v) is 9.48. The van der Waals surface area contributed by atoms with E-state index < -0.39 is 10.8 Å². The van der Waals surface area contributed by atoms with Crippen LogP contribution in [-0.4, -0.2) is 10.8 Å². The van der Waals surface area contributed by atoms with Crippen LogP contribution in [0.15, 0.2) is 78.4 Å². The quantitative estimate of drug-likeness (QED) is 0.233. The molecule has 31 heavy (non-hydrogen) atoms. The second kappa shape index (κ2) is 10.1. The molecule has 3 aromatic carbocycles. The Hall–Kier alpha value is -4.15. The Morgan fingerprint density at radius 3 is 2.48 bits per heavy atom. The normalized spacial score (nSPS) is 10.8. The molecule has 0 saturated heterocycles. The number of benzene rings is 3. The Morgan fingerprint density at radius 2 is 1.84 bits per heavy atom. The number of nitrogens with zero attached hydrogens (tertiary/aromatic N) is 2. The van der Waals surface area contributed by atoms with Gasteiger partial charge in [-0.3, -0.25) is 14.9 Å². The minimum absolute atomic E-state index is 0.0507. The average molecular weight is 434 g/mol. The Labute approximate surface area is 183 Å². The number of nitriles is 1. The predicted molar refractivity (Wildman–Crippen MR) is 118 cm³/mol. The van der Waals surface area contributed by atoms with Gasteiger partial charge in [0.25, 0.3) is 11.6 Å². The lowest BCUT2D eigenvalue weighted by atomic mass is 10.1. The van der Waals surface area contributed by atoms with Crippen molar-refractivity contribution in [2.24, 2.45) is 0 Å². The lowest BCUT2D eigenvalue weighted by molar-refractivity contribution is -0.383. The van der Waals surface area contributed by atoms with E-state index in [4.69, 9.17) is 16.3 Å². The molecule has 3 aromatic rings. The fourth-order valence-electron chi connectivity index (χ4n) is 2.67. The molecule has 1 N–H and O–H groups in total. The molecule has 0 spiro atoms. The molecule has 0 aromatic heterocycles. The van der Waals surface area contributed by atoms with E-state index in [1.54, 1.807) is 24.3 Å². The van der Waals surface area contributed by atoms with E-state index in [-0.39, 0.29) is 22.0 Å². The second-order valence-electron chi connectivity index (χ2n) is 6.39. The van der Waals surface area contributed by atoms with Gasteiger partial charge in [0.05, 0.1) is 4.92 Å². The number of hydrogen-bond donors (Lipinski definition) is 1. The number of ether oxygens (including phenoxy) is 1. The summed E-state index contributed by atoms with van der Waals surface area (Å²) in [7, 11) is 0. The molecule has 7 nitrogen and oxygen atoms in total. The summed E-state index contributed by atoms with van der Waals surface area (Å²) in [6.45, 7) is 0.418. The number of anilines is 1. The number of nitro benzene ring substituents is 1. The molecule has 3 rings (SSSR count). The van der Waals surface area contributed by atoms with Gasteiger partial charge in [0.15, 0.2) is 0 Å². The summed E-state index contributed by atoms with van der Waals surface area (Å²) in [5, 5.41) is 23.1. The third kappa shape index (κ3) is 5.92. The molecular formula is C23H16ClN3O4. The molecule has 8 heteroatoms. The van der Waals surface area contributed by atoms with Crippen molar-refractivity contribution < 1.29 is 14.5 Å². The van der Waals surface area contributed by atoms with Crippen molar-refractivity contribution in [3.05, 3.63) is 105 Å². The van der Waals surface area contributed by atoms with Gasteiger partial charge < -0.3 is 10.1 Å². The topological polar surface area (TPSA) is 105 Å². The first-order chi connectivity index (χ1) is 15.0. The molecule has 0 heterocycles. The van der Waals surface area contributed by atoms with E-state index in [0.717, 1.165) is 11.6 Å². The first kappa shape index (κ1) is 21.6. The minimum Gasteiger partial charge on any atom is -0.489 e. The molecular weight excluding hydrogens is 418 g/mol. The molecule has 0 bridgehead atoms. The number of rotatable bonds is 7. The molecule has 0 aliphatic heterocycles. The van der Waals surface area contributed by atoms with Crippen molar-refractivity contribution in [1.29, 1.82) is 5.26 Å². The van der Waals surface area contributed by atoms with Crippen molar-refractivity contribution in [3.8, 4) is 11.8 Å². The highest BCUT2D eigenvalue weighted by Gasteiger charge is 2.18. The molecule has 0 aliphatic carbocycles. The number of carbonyl (C=O) groups is 1. The SMILES string of the molecule is N#CC(=Cc1ccc(OCc2ccccc2)cc1)C(=O)Nc1ccc(Cl)cc1[N+](=O)[O-]. The van der Waals surface area contributed by atoms with E-state index in [9.17, 15) is 20.2 Å². The van der Waals surface area contributed by atoms with Crippen LogP contribution in [0.3, 0.4) is 0 Å². The van der Waals surface area contributed by atoms with Gasteiger partial charge in [0, 0.05) is 11.1 Å². The highest BCUT2D eigenvalue weighted by atomic mass is 35.5.